The summed E-state index contributed by atoms with van der Waals surface area (Å²) >= 11 is 6.53. The van der Waals surface area contributed by atoms with Gasteiger partial charge in [0.1, 0.15) is 0 Å². The van der Waals surface area contributed by atoms with Crippen LogP contribution in [-0.4, -0.2) is 55.8 Å². The second kappa shape index (κ2) is 11.1. The second-order valence-corrected chi connectivity index (χ2v) is 10.5. The Balaban J connectivity index is 1.76. The van der Waals surface area contributed by atoms with Crippen LogP contribution in [-0.2, 0) is 0 Å². The molecule has 33 heavy (non-hydrogen) atoms. The lowest BCUT2D eigenvalue weighted by atomic mass is 9.84. The van der Waals surface area contributed by atoms with E-state index in [-0.39, 0.29) is 5.91 Å². The van der Waals surface area contributed by atoms with E-state index in [1.165, 1.54) is 18.4 Å². The number of rotatable bonds is 7. The molecule has 1 aliphatic heterocycles. The van der Waals surface area contributed by atoms with Crippen LogP contribution in [0.5, 0.6) is 0 Å². The molecule has 6 heteroatoms. The molecule has 0 aromatic heterocycles. The van der Waals surface area contributed by atoms with Gasteiger partial charge in [0.05, 0.1) is 6.54 Å². The molecule has 0 bridgehead atoms. The average molecular weight is 473 g/mol. The highest BCUT2D eigenvalue weighted by atomic mass is 35.5. The first-order chi connectivity index (χ1) is 15.6. The van der Waals surface area contributed by atoms with Crippen molar-refractivity contribution in [3.05, 3.63) is 40.1 Å². The van der Waals surface area contributed by atoms with E-state index in [2.05, 4.69) is 61.9 Å². The average Bonchev–Trinajstić information content (AvgIpc) is 2.79. The van der Waals surface area contributed by atoms with E-state index in [4.69, 9.17) is 11.6 Å². The quantitative estimate of drug-likeness (QED) is 0.553. The standard InChI is InChI=1S/C27H41ClN4O/c1-8-32(23-11-9-22(10-12-23)31(6)7)26-14-21(28)13-24(20(26)5)27(33)30-16-25-19(4)18(3)17(2)15-29-25/h13-15,18-19,22-23H,8-12,16H2,1-7H3,(H,30,33)/t18-,19?,22?,23?/m1/s1. The molecule has 1 aliphatic carbocycles. The highest BCUT2D eigenvalue weighted by Gasteiger charge is 2.28. The molecule has 0 spiro atoms. The maximum atomic E-state index is 13.2. The minimum Gasteiger partial charge on any atom is -0.369 e. The fraction of sp³-hybridized carbons (Fsp3) is 0.630. The van der Waals surface area contributed by atoms with Crippen LogP contribution in [0.15, 0.2) is 28.9 Å². The van der Waals surface area contributed by atoms with E-state index < -0.39 is 0 Å². The number of amides is 1. The molecule has 2 atom stereocenters. The lowest BCUT2D eigenvalue weighted by Gasteiger charge is -2.40. The first-order valence-electron chi connectivity index (χ1n) is 12.4. The van der Waals surface area contributed by atoms with Crippen LogP contribution in [0, 0.1) is 18.8 Å². The smallest absolute Gasteiger partial charge is 0.251 e. The Kier molecular flexibility index (Phi) is 8.63. The van der Waals surface area contributed by atoms with Gasteiger partial charge in [-0.2, -0.15) is 0 Å². The molecule has 1 fully saturated rings. The van der Waals surface area contributed by atoms with Gasteiger partial charge >= 0.3 is 0 Å². The largest absolute Gasteiger partial charge is 0.369 e. The van der Waals surface area contributed by atoms with Crippen molar-refractivity contribution in [1.82, 2.24) is 10.2 Å². The monoisotopic (exact) mass is 472 g/mol. The van der Waals surface area contributed by atoms with E-state index in [9.17, 15) is 4.79 Å². The highest BCUT2D eigenvalue weighted by molar-refractivity contribution is 6.31. The molecule has 2 aliphatic rings. The van der Waals surface area contributed by atoms with Gasteiger partial charge in [0.15, 0.2) is 0 Å². The summed E-state index contributed by atoms with van der Waals surface area (Å²) in [7, 11) is 4.35. The minimum atomic E-state index is -0.0857. The summed E-state index contributed by atoms with van der Waals surface area (Å²) < 4.78 is 0. The SMILES string of the molecule is CCN(c1cc(Cl)cc(C(=O)NCC2=NC=C(C)[C@@H](C)C2C)c1C)C1CCC(N(C)C)CC1. The third kappa shape index (κ3) is 5.81. The minimum absolute atomic E-state index is 0.0857. The number of nitrogens with zero attached hydrogens (tertiary/aromatic N) is 3. The third-order valence-electron chi connectivity index (χ3n) is 7.94. The number of nitrogens with one attached hydrogen (secondary N) is 1. The van der Waals surface area contributed by atoms with Crippen molar-refractivity contribution in [3.8, 4) is 0 Å². The van der Waals surface area contributed by atoms with Crippen molar-refractivity contribution < 1.29 is 4.79 Å². The Morgan fingerprint density at radius 2 is 1.73 bits per heavy atom. The maximum absolute atomic E-state index is 13.2. The Labute approximate surface area is 205 Å². The van der Waals surface area contributed by atoms with Gasteiger partial charge in [-0.3, -0.25) is 9.79 Å². The summed E-state index contributed by atoms with van der Waals surface area (Å²) in [4.78, 5) is 22.6. The topological polar surface area (TPSA) is 47.9 Å². The molecule has 0 saturated heterocycles. The molecule has 182 valence electrons. The Hall–Kier alpha value is -1.85. The van der Waals surface area contributed by atoms with Gasteiger partial charge in [0.25, 0.3) is 5.91 Å². The third-order valence-corrected chi connectivity index (χ3v) is 8.15. The molecule has 1 unspecified atom stereocenters. The molecule has 1 heterocycles. The van der Waals surface area contributed by atoms with Crippen molar-refractivity contribution in [2.24, 2.45) is 16.8 Å². The Morgan fingerprint density at radius 1 is 1.09 bits per heavy atom. The lowest BCUT2D eigenvalue weighted by molar-refractivity contribution is 0.0958. The number of allylic oxidation sites excluding steroid dienone is 1. The van der Waals surface area contributed by atoms with Crippen molar-refractivity contribution in [1.29, 1.82) is 0 Å². The zero-order valence-corrected chi connectivity index (χ0v) is 22.2. The lowest BCUT2D eigenvalue weighted by Crippen LogP contribution is -2.42. The van der Waals surface area contributed by atoms with Gasteiger partial charge in [0, 0.05) is 52.7 Å². The van der Waals surface area contributed by atoms with Crippen LogP contribution < -0.4 is 10.2 Å². The van der Waals surface area contributed by atoms with E-state index >= 15 is 0 Å². The Morgan fingerprint density at radius 3 is 2.33 bits per heavy atom. The summed E-state index contributed by atoms with van der Waals surface area (Å²) in [5, 5.41) is 3.71. The predicted molar refractivity (Wildman–Crippen MR) is 141 cm³/mol. The van der Waals surface area contributed by atoms with Crippen molar-refractivity contribution >= 4 is 28.9 Å². The van der Waals surface area contributed by atoms with E-state index in [0.29, 0.717) is 41.1 Å². The summed E-state index contributed by atoms with van der Waals surface area (Å²) in [6, 6.07) is 4.96. The number of halogens is 1. The molecule has 1 aromatic carbocycles. The Bertz CT molecular complexity index is 915. The zero-order valence-electron chi connectivity index (χ0n) is 21.4. The number of anilines is 1. The van der Waals surface area contributed by atoms with Crippen LogP contribution in [0.3, 0.4) is 0 Å². The second-order valence-electron chi connectivity index (χ2n) is 10.1. The van der Waals surface area contributed by atoms with Crippen LogP contribution in [0.2, 0.25) is 5.02 Å². The number of hydrogen-bond acceptors (Lipinski definition) is 4. The number of aliphatic imine (C=N–C) groups is 1. The van der Waals surface area contributed by atoms with Crippen LogP contribution in [0.25, 0.3) is 0 Å². The van der Waals surface area contributed by atoms with E-state index in [1.807, 2.05) is 19.2 Å². The molecule has 1 N–H and O–H groups in total. The molecule has 1 saturated carbocycles. The van der Waals surface area contributed by atoms with Gasteiger partial charge in [-0.15, -0.1) is 0 Å². The molecule has 3 rings (SSSR count). The molecule has 1 aromatic rings. The fourth-order valence-corrected chi connectivity index (χ4v) is 5.50. The summed E-state index contributed by atoms with van der Waals surface area (Å²) in [6.45, 7) is 12.1. The van der Waals surface area contributed by atoms with Crippen LogP contribution >= 0.6 is 11.6 Å². The molecular weight excluding hydrogens is 432 g/mol. The molecular formula is C27H41ClN4O. The van der Waals surface area contributed by atoms with Crippen molar-refractivity contribution in [2.75, 3.05) is 32.1 Å². The number of hydrogen-bond donors (Lipinski definition) is 1. The first kappa shape index (κ1) is 25.8. The van der Waals surface area contributed by atoms with Crippen LogP contribution in [0.4, 0.5) is 5.69 Å². The zero-order chi connectivity index (χ0) is 24.3. The normalized spacial score (nSPS) is 25.5. The molecule has 1 amide bonds. The van der Waals surface area contributed by atoms with E-state index in [1.54, 1.807) is 6.07 Å². The summed E-state index contributed by atoms with van der Waals surface area (Å²) in [5.41, 5.74) is 5.04. The number of carbonyl (C=O) groups is 1. The van der Waals surface area contributed by atoms with Crippen molar-refractivity contribution in [3.63, 3.8) is 0 Å². The first-order valence-corrected chi connectivity index (χ1v) is 12.8. The maximum Gasteiger partial charge on any atom is 0.251 e. The predicted octanol–water partition coefficient (Wildman–Crippen LogP) is 5.71. The van der Waals surface area contributed by atoms with Crippen molar-refractivity contribution in [2.45, 2.75) is 72.4 Å². The van der Waals surface area contributed by atoms with Gasteiger partial charge in [-0.05, 0) is 84.2 Å². The highest BCUT2D eigenvalue weighted by Crippen LogP contribution is 2.34. The summed E-state index contributed by atoms with van der Waals surface area (Å²) in [6.07, 6.45) is 6.65. The van der Waals surface area contributed by atoms with Gasteiger partial charge in [0.2, 0.25) is 0 Å². The van der Waals surface area contributed by atoms with Gasteiger partial charge in [-0.1, -0.05) is 31.0 Å². The van der Waals surface area contributed by atoms with Gasteiger partial charge in [-0.25, -0.2) is 0 Å². The number of carbonyl (C=O) groups excluding carboxylic acids is 1. The summed E-state index contributed by atoms with van der Waals surface area (Å²) in [5.74, 6) is 0.672. The van der Waals surface area contributed by atoms with Crippen LogP contribution in [0.1, 0.15) is 69.3 Å². The number of benzene rings is 1. The van der Waals surface area contributed by atoms with E-state index in [0.717, 1.165) is 36.3 Å². The molecule has 5 nitrogen and oxygen atoms in total. The molecule has 0 radical (unpaired) electrons. The van der Waals surface area contributed by atoms with Gasteiger partial charge < -0.3 is 15.1 Å². The fourth-order valence-electron chi connectivity index (χ4n) is 5.29.